The number of anilines is 1. The van der Waals surface area contributed by atoms with Crippen molar-refractivity contribution >= 4 is 11.6 Å². The van der Waals surface area contributed by atoms with E-state index in [4.69, 9.17) is 10.5 Å². The normalized spacial score (nSPS) is 13.5. The number of rotatable bonds is 8. The summed E-state index contributed by atoms with van der Waals surface area (Å²) in [5.74, 6) is 0.751. The molecular weight excluding hydrogens is 266 g/mol. The molecule has 4 N–H and O–H groups in total. The quantitative estimate of drug-likeness (QED) is 0.506. The van der Waals surface area contributed by atoms with Crippen molar-refractivity contribution in [3.63, 3.8) is 0 Å². The lowest BCUT2D eigenvalue weighted by molar-refractivity contribution is 0.0302. The first-order chi connectivity index (χ1) is 10.0. The van der Waals surface area contributed by atoms with Crippen molar-refractivity contribution in [2.45, 2.75) is 33.3 Å². The maximum absolute atomic E-state index is 9.73. The lowest BCUT2D eigenvalue weighted by atomic mass is 10.1. The van der Waals surface area contributed by atoms with Gasteiger partial charge < -0.3 is 20.9 Å². The summed E-state index contributed by atoms with van der Waals surface area (Å²) in [5.41, 5.74) is 7.95. The zero-order valence-corrected chi connectivity index (χ0v) is 13.2. The van der Waals surface area contributed by atoms with Gasteiger partial charge in [-0.1, -0.05) is 32.9 Å². The smallest absolute Gasteiger partial charge is 0.193 e. The average Bonchev–Trinajstić information content (AvgIpc) is 2.45. The van der Waals surface area contributed by atoms with Gasteiger partial charge in [-0.05, 0) is 30.0 Å². The molecule has 1 rings (SSSR count). The molecule has 0 aromatic heterocycles. The molecule has 0 bridgehead atoms. The average molecular weight is 293 g/mol. The van der Waals surface area contributed by atoms with Gasteiger partial charge in [-0.25, -0.2) is 0 Å². The van der Waals surface area contributed by atoms with Crippen molar-refractivity contribution in [3.05, 3.63) is 29.8 Å². The van der Waals surface area contributed by atoms with E-state index in [2.05, 4.69) is 31.1 Å². The Morgan fingerprint density at radius 1 is 1.29 bits per heavy atom. The lowest BCUT2D eigenvalue weighted by Crippen LogP contribution is -2.26. The predicted octanol–water partition coefficient (Wildman–Crippen LogP) is 2.01. The number of nitrogens with one attached hydrogen (secondary N) is 1. The summed E-state index contributed by atoms with van der Waals surface area (Å²) in [7, 11) is 0. The predicted molar refractivity (Wildman–Crippen MR) is 87.6 cm³/mol. The highest BCUT2D eigenvalue weighted by atomic mass is 16.5. The Kier molecular flexibility index (Phi) is 7.79. The van der Waals surface area contributed by atoms with E-state index < -0.39 is 6.10 Å². The highest BCUT2D eigenvalue weighted by Crippen LogP contribution is 2.09. The van der Waals surface area contributed by atoms with Gasteiger partial charge in [-0.15, -0.1) is 0 Å². The lowest BCUT2D eigenvalue weighted by Gasteiger charge is -2.11. The standard InChI is InChI=1S/C16H27N3O2/c1-4-13-5-7-14(8-6-13)19-16(17)18-9-15(20)11-21-10-12(2)3/h5-8,12,15,20H,4,9-11H2,1-3H3,(H3,17,18,19). The second kappa shape index (κ2) is 9.37. The van der Waals surface area contributed by atoms with Gasteiger partial charge in [0.15, 0.2) is 5.96 Å². The molecular formula is C16H27N3O2. The third-order valence-corrected chi connectivity index (χ3v) is 2.87. The van der Waals surface area contributed by atoms with Crippen LogP contribution in [0.1, 0.15) is 26.3 Å². The van der Waals surface area contributed by atoms with E-state index in [1.165, 1.54) is 5.56 Å². The van der Waals surface area contributed by atoms with Gasteiger partial charge in [-0.2, -0.15) is 0 Å². The Bertz CT molecular complexity index is 430. The van der Waals surface area contributed by atoms with Crippen LogP contribution >= 0.6 is 0 Å². The zero-order valence-electron chi connectivity index (χ0n) is 13.2. The van der Waals surface area contributed by atoms with E-state index in [0.29, 0.717) is 18.5 Å². The molecule has 0 aliphatic carbocycles. The van der Waals surface area contributed by atoms with Crippen LogP contribution in [-0.2, 0) is 11.2 Å². The Balaban J connectivity index is 2.34. The van der Waals surface area contributed by atoms with Gasteiger partial charge >= 0.3 is 0 Å². The zero-order chi connectivity index (χ0) is 15.7. The minimum Gasteiger partial charge on any atom is -0.389 e. The number of aryl methyl sites for hydroxylation is 1. The molecule has 0 saturated heterocycles. The van der Waals surface area contributed by atoms with E-state index >= 15 is 0 Å². The molecule has 5 nitrogen and oxygen atoms in total. The first-order valence-electron chi connectivity index (χ1n) is 7.43. The number of nitrogens with two attached hydrogens (primary N) is 1. The van der Waals surface area contributed by atoms with Crippen molar-refractivity contribution in [1.29, 1.82) is 0 Å². The highest BCUT2D eigenvalue weighted by Gasteiger charge is 2.04. The number of nitrogens with zero attached hydrogens (tertiary/aromatic N) is 1. The molecule has 0 aliphatic heterocycles. The molecule has 0 heterocycles. The molecule has 118 valence electrons. The van der Waals surface area contributed by atoms with E-state index in [1.54, 1.807) is 0 Å². The van der Waals surface area contributed by atoms with Crippen molar-refractivity contribution < 1.29 is 9.84 Å². The molecule has 1 aromatic carbocycles. The molecule has 1 unspecified atom stereocenters. The minimum atomic E-state index is -0.633. The second-order valence-corrected chi connectivity index (χ2v) is 5.49. The molecule has 21 heavy (non-hydrogen) atoms. The van der Waals surface area contributed by atoms with Crippen LogP contribution in [0.15, 0.2) is 29.3 Å². The molecule has 1 aromatic rings. The van der Waals surface area contributed by atoms with Gasteiger partial charge in [0.1, 0.15) is 0 Å². The summed E-state index contributed by atoms with van der Waals surface area (Å²) < 4.78 is 5.35. The first-order valence-corrected chi connectivity index (χ1v) is 7.43. The van der Waals surface area contributed by atoms with Crippen LogP contribution in [0, 0.1) is 5.92 Å². The molecule has 0 radical (unpaired) electrons. The number of benzene rings is 1. The van der Waals surface area contributed by atoms with Crippen molar-refractivity contribution in [2.75, 3.05) is 25.1 Å². The molecule has 5 heteroatoms. The van der Waals surface area contributed by atoms with Crippen molar-refractivity contribution in [1.82, 2.24) is 0 Å². The Hall–Kier alpha value is -1.59. The summed E-state index contributed by atoms with van der Waals surface area (Å²) in [5, 5.41) is 12.7. The van der Waals surface area contributed by atoms with Gasteiger partial charge in [0.25, 0.3) is 0 Å². The second-order valence-electron chi connectivity index (χ2n) is 5.49. The molecule has 0 fully saturated rings. The van der Waals surface area contributed by atoms with Crippen LogP contribution in [0.25, 0.3) is 0 Å². The Morgan fingerprint density at radius 3 is 2.52 bits per heavy atom. The maximum Gasteiger partial charge on any atom is 0.193 e. The summed E-state index contributed by atoms with van der Waals surface area (Å²) >= 11 is 0. The summed E-state index contributed by atoms with van der Waals surface area (Å²) in [4.78, 5) is 4.11. The van der Waals surface area contributed by atoms with Crippen LogP contribution in [-0.4, -0.2) is 36.9 Å². The third-order valence-electron chi connectivity index (χ3n) is 2.87. The fourth-order valence-electron chi connectivity index (χ4n) is 1.71. The fraction of sp³-hybridized carbons (Fsp3) is 0.562. The van der Waals surface area contributed by atoms with Crippen LogP contribution in [0.4, 0.5) is 5.69 Å². The van der Waals surface area contributed by atoms with Gasteiger partial charge in [0.2, 0.25) is 0 Å². The van der Waals surface area contributed by atoms with Crippen LogP contribution in [0.2, 0.25) is 0 Å². The number of guanidine groups is 1. The number of ether oxygens (including phenoxy) is 1. The summed E-state index contributed by atoms with van der Waals surface area (Å²) in [6.07, 6.45) is 0.374. The van der Waals surface area contributed by atoms with Gasteiger partial charge in [-0.3, -0.25) is 4.99 Å². The van der Waals surface area contributed by atoms with Gasteiger partial charge in [0, 0.05) is 12.3 Å². The topological polar surface area (TPSA) is 79.9 Å². The van der Waals surface area contributed by atoms with E-state index in [9.17, 15) is 5.11 Å². The Morgan fingerprint density at radius 2 is 1.95 bits per heavy atom. The van der Waals surface area contributed by atoms with E-state index in [1.807, 2.05) is 24.3 Å². The Labute approximate surface area is 127 Å². The number of aliphatic imine (C=N–C) groups is 1. The number of aliphatic hydroxyl groups is 1. The fourth-order valence-corrected chi connectivity index (χ4v) is 1.71. The largest absolute Gasteiger partial charge is 0.389 e. The van der Waals surface area contributed by atoms with Gasteiger partial charge in [0.05, 0.1) is 19.3 Å². The van der Waals surface area contributed by atoms with E-state index in [0.717, 1.165) is 12.1 Å². The molecule has 0 amide bonds. The maximum atomic E-state index is 9.73. The minimum absolute atomic E-state index is 0.226. The highest BCUT2D eigenvalue weighted by molar-refractivity contribution is 5.92. The van der Waals surface area contributed by atoms with E-state index in [-0.39, 0.29) is 13.2 Å². The van der Waals surface area contributed by atoms with Crippen LogP contribution in [0.5, 0.6) is 0 Å². The number of hydrogen-bond donors (Lipinski definition) is 3. The molecule has 0 aliphatic rings. The third kappa shape index (κ3) is 7.68. The summed E-state index contributed by atoms with van der Waals surface area (Å²) in [6, 6.07) is 8.02. The molecule has 1 atom stereocenters. The van der Waals surface area contributed by atoms with Crippen molar-refractivity contribution in [3.8, 4) is 0 Å². The monoisotopic (exact) mass is 293 g/mol. The number of hydrogen-bond acceptors (Lipinski definition) is 3. The van der Waals surface area contributed by atoms with Crippen LogP contribution in [0.3, 0.4) is 0 Å². The van der Waals surface area contributed by atoms with Crippen LogP contribution < -0.4 is 11.1 Å². The SMILES string of the molecule is CCc1ccc(NC(N)=NCC(O)COCC(C)C)cc1. The number of aliphatic hydroxyl groups excluding tert-OH is 1. The molecule has 0 saturated carbocycles. The summed E-state index contributed by atoms with van der Waals surface area (Å²) in [6.45, 7) is 7.38. The molecule has 0 spiro atoms. The first kappa shape index (κ1) is 17.5. The van der Waals surface area contributed by atoms with Crippen molar-refractivity contribution in [2.24, 2.45) is 16.6 Å².